The van der Waals surface area contributed by atoms with Crippen LogP contribution in [0.2, 0.25) is 0 Å². The minimum Gasteiger partial charge on any atom is -0.508 e. The van der Waals surface area contributed by atoms with E-state index in [2.05, 4.69) is 0 Å². The van der Waals surface area contributed by atoms with E-state index in [0.29, 0.717) is 6.42 Å². The molecule has 0 aliphatic carbocycles. The number of aliphatic hydroxyl groups is 1. The van der Waals surface area contributed by atoms with Crippen LogP contribution in [0.15, 0.2) is 54.6 Å². The van der Waals surface area contributed by atoms with Crippen molar-refractivity contribution in [2.24, 2.45) is 0 Å². The first kappa shape index (κ1) is 19.6. The molecule has 0 fully saturated rings. The van der Waals surface area contributed by atoms with Crippen molar-refractivity contribution in [3.8, 4) is 17.2 Å². The van der Waals surface area contributed by atoms with E-state index in [1.807, 2.05) is 6.92 Å². The van der Waals surface area contributed by atoms with Crippen LogP contribution in [0.3, 0.4) is 0 Å². The summed E-state index contributed by atoms with van der Waals surface area (Å²) in [6.07, 6.45) is 1.21. The van der Waals surface area contributed by atoms with Gasteiger partial charge in [0.25, 0.3) is 0 Å². The highest BCUT2D eigenvalue weighted by atomic mass is 16.7. The summed E-state index contributed by atoms with van der Waals surface area (Å²) in [5.74, 6) is -3.53. The Morgan fingerprint density at radius 3 is 2.31 bits per heavy atom. The lowest BCUT2D eigenvalue weighted by atomic mass is 10.0. The Balaban J connectivity index is 2.37. The predicted molar refractivity (Wildman–Crippen MR) is 96.3 cm³/mol. The summed E-state index contributed by atoms with van der Waals surface area (Å²) in [6, 6.07) is 14.0. The third-order valence-corrected chi connectivity index (χ3v) is 3.92. The molecule has 0 heterocycles. The Morgan fingerprint density at radius 1 is 1.04 bits per heavy atom. The molecule has 0 aliphatic heterocycles. The molecule has 2 atom stereocenters. The average molecular weight is 360 g/mol. The predicted octanol–water partition coefficient (Wildman–Crippen LogP) is 3.57. The highest BCUT2D eigenvalue weighted by molar-refractivity contribution is 5.77. The lowest BCUT2D eigenvalue weighted by Crippen LogP contribution is -2.59. The molecule has 2 unspecified atom stereocenters. The van der Waals surface area contributed by atoms with Gasteiger partial charge < -0.3 is 24.8 Å². The van der Waals surface area contributed by atoms with E-state index in [4.69, 9.17) is 9.47 Å². The standard InChI is InChI=1S/C20H24O6/c1-2-3-5-13-18(22)20(19(23)24,25-16-10-6-4-7-11-16)26-17-12-8-9-15(21)14-17/h4,6-12,14,18,21-22H,2-3,5,13H2,1H3,(H,23,24). The van der Waals surface area contributed by atoms with Crippen LogP contribution in [0, 0.1) is 0 Å². The Labute approximate surface area is 152 Å². The number of aliphatic hydroxyl groups excluding tert-OH is 1. The van der Waals surface area contributed by atoms with Crippen LogP contribution in [-0.2, 0) is 4.79 Å². The maximum atomic E-state index is 12.1. The fourth-order valence-corrected chi connectivity index (χ4v) is 2.55. The molecule has 2 aromatic rings. The van der Waals surface area contributed by atoms with Gasteiger partial charge in [0, 0.05) is 6.07 Å². The molecule has 0 aliphatic rings. The third-order valence-electron chi connectivity index (χ3n) is 3.92. The molecule has 0 amide bonds. The zero-order valence-corrected chi connectivity index (χ0v) is 14.7. The van der Waals surface area contributed by atoms with Gasteiger partial charge in [-0.1, -0.05) is 50.5 Å². The molecule has 6 heteroatoms. The molecular formula is C20H24O6. The van der Waals surface area contributed by atoms with Gasteiger partial charge in [-0.2, -0.15) is 0 Å². The number of carboxylic acids is 1. The van der Waals surface area contributed by atoms with Gasteiger partial charge in [0.05, 0.1) is 0 Å². The van der Waals surface area contributed by atoms with Crippen molar-refractivity contribution in [2.45, 2.75) is 44.5 Å². The first-order valence-electron chi connectivity index (χ1n) is 8.61. The van der Waals surface area contributed by atoms with Crippen molar-refractivity contribution in [2.75, 3.05) is 0 Å². The molecule has 3 N–H and O–H groups in total. The summed E-state index contributed by atoms with van der Waals surface area (Å²) in [4.78, 5) is 12.1. The second-order valence-electron chi connectivity index (χ2n) is 6.00. The lowest BCUT2D eigenvalue weighted by Gasteiger charge is -2.34. The summed E-state index contributed by atoms with van der Waals surface area (Å²) < 4.78 is 11.3. The van der Waals surface area contributed by atoms with Crippen molar-refractivity contribution < 1.29 is 29.6 Å². The third kappa shape index (κ3) is 4.89. The second-order valence-corrected chi connectivity index (χ2v) is 6.00. The van der Waals surface area contributed by atoms with Crippen LogP contribution < -0.4 is 9.47 Å². The number of rotatable bonds is 10. The van der Waals surface area contributed by atoms with Crippen molar-refractivity contribution in [1.29, 1.82) is 0 Å². The number of phenolic OH excluding ortho intramolecular Hbond substituents is 1. The van der Waals surface area contributed by atoms with Crippen molar-refractivity contribution in [1.82, 2.24) is 0 Å². The van der Waals surface area contributed by atoms with Crippen LogP contribution >= 0.6 is 0 Å². The smallest absolute Gasteiger partial charge is 0.393 e. The zero-order chi connectivity index (χ0) is 19.0. The summed E-state index contributed by atoms with van der Waals surface area (Å²) in [7, 11) is 0. The number of unbranched alkanes of at least 4 members (excludes halogenated alkanes) is 2. The highest BCUT2D eigenvalue weighted by Gasteiger charge is 2.51. The van der Waals surface area contributed by atoms with E-state index in [1.54, 1.807) is 30.3 Å². The molecule has 0 saturated heterocycles. The van der Waals surface area contributed by atoms with E-state index < -0.39 is 17.9 Å². The number of hydrogen-bond donors (Lipinski definition) is 3. The number of benzene rings is 2. The number of aliphatic carboxylic acids is 1. The Hall–Kier alpha value is -2.73. The normalized spacial score (nSPS) is 14.2. The van der Waals surface area contributed by atoms with Gasteiger partial charge in [0.2, 0.25) is 0 Å². The highest BCUT2D eigenvalue weighted by Crippen LogP contribution is 2.30. The number of carboxylic acid groups (broad SMARTS) is 1. The number of hydrogen-bond acceptors (Lipinski definition) is 5. The van der Waals surface area contributed by atoms with E-state index in [1.165, 1.54) is 24.3 Å². The van der Waals surface area contributed by atoms with Crippen molar-refractivity contribution in [3.63, 3.8) is 0 Å². The quantitative estimate of drug-likeness (QED) is 0.443. The SMILES string of the molecule is CCCCCC(O)C(Oc1ccccc1)(Oc1cccc(O)c1)C(=O)O. The van der Waals surface area contributed by atoms with E-state index in [9.17, 15) is 20.1 Å². The molecule has 2 aromatic carbocycles. The molecule has 0 aromatic heterocycles. The van der Waals surface area contributed by atoms with Crippen LogP contribution in [0.1, 0.15) is 32.6 Å². The minimum absolute atomic E-state index is 0.0814. The zero-order valence-electron chi connectivity index (χ0n) is 14.7. The molecule has 2 rings (SSSR count). The van der Waals surface area contributed by atoms with Crippen LogP contribution in [0.5, 0.6) is 17.2 Å². The molecule has 0 saturated carbocycles. The lowest BCUT2D eigenvalue weighted by molar-refractivity contribution is -0.214. The number of ether oxygens (including phenoxy) is 2. The average Bonchev–Trinajstić information content (AvgIpc) is 2.62. The summed E-state index contributed by atoms with van der Waals surface area (Å²) >= 11 is 0. The van der Waals surface area contributed by atoms with Crippen molar-refractivity contribution in [3.05, 3.63) is 54.6 Å². The van der Waals surface area contributed by atoms with Crippen LogP contribution in [0.4, 0.5) is 0 Å². The Kier molecular flexibility index (Phi) is 6.86. The molecule has 6 nitrogen and oxygen atoms in total. The Morgan fingerprint density at radius 2 is 1.69 bits per heavy atom. The van der Waals surface area contributed by atoms with Gasteiger partial charge in [-0.3, -0.25) is 0 Å². The van der Waals surface area contributed by atoms with E-state index in [-0.39, 0.29) is 23.7 Å². The molecule has 0 radical (unpaired) electrons. The number of aromatic hydroxyl groups is 1. The minimum atomic E-state index is -2.33. The maximum Gasteiger partial charge on any atom is 0.393 e. The molecule has 0 spiro atoms. The van der Waals surface area contributed by atoms with Crippen molar-refractivity contribution >= 4 is 5.97 Å². The number of carbonyl (C=O) groups is 1. The molecule has 26 heavy (non-hydrogen) atoms. The molecule has 140 valence electrons. The van der Waals surface area contributed by atoms with Gasteiger partial charge >= 0.3 is 11.8 Å². The Bertz CT molecular complexity index is 702. The monoisotopic (exact) mass is 360 g/mol. The van der Waals surface area contributed by atoms with Crippen LogP contribution in [-0.4, -0.2) is 33.2 Å². The van der Waals surface area contributed by atoms with Crippen LogP contribution in [0.25, 0.3) is 0 Å². The summed E-state index contributed by atoms with van der Waals surface area (Å²) in [5, 5.41) is 30.1. The summed E-state index contributed by atoms with van der Waals surface area (Å²) in [5.41, 5.74) is 0. The number of para-hydroxylation sites is 1. The maximum absolute atomic E-state index is 12.1. The summed E-state index contributed by atoms with van der Waals surface area (Å²) in [6.45, 7) is 2.01. The largest absolute Gasteiger partial charge is 0.508 e. The topological polar surface area (TPSA) is 96.2 Å². The molecule has 0 bridgehead atoms. The van der Waals surface area contributed by atoms with Gasteiger partial charge in [-0.15, -0.1) is 0 Å². The first-order chi connectivity index (χ1) is 12.5. The van der Waals surface area contributed by atoms with Gasteiger partial charge in [-0.25, -0.2) is 4.79 Å². The number of phenols is 1. The second kappa shape index (κ2) is 9.10. The fourth-order valence-electron chi connectivity index (χ4n) is 2.55. The van der Waals surface area contributed by atoms with E-state index in [0.717, 1.165) is 12.8 Å². The van der Waals surface area contributed by atoms with Gasteiger partial charge in [-0.05, 0) is 30.7 Å². The van der Waals surface area contributed by atoms with Gasteiger partial charge in [0.1, 0.15) is 23.4 Å². The van der Waals surface area contributed by atoms with E-state index >= 15 is 0 Å². The van der Waals surface area contributed by atoms with Gasteiger partial charge in [0.15, 0.2) is 0 Å². The molecular weight excluding hydrogens is 336 g/mol. The fraction of sp³-hybridized carbons (Fsp3) is 0.350. The first-order valence-corrected chi connectivity index (χ1v) is 8.61.